The van der Waals surface area contributed by atoms with E-state index in [0.29, 0.717) is 12.5 Å². The van der Waals surface area contributed by atoms with Gasteiger partial charge in [-0.3, -0.25) is 9.59 Å². The third-order valence-electron chi connectivity index (χ3n) is 5.95. The standard InChI is InChI=1S/C23H29N3O3/c1-24-12-5-7-21(24)23(28)26-15-4-6-18(16-26)17-29-20-10-8-19(9-11-20)22(27)25-13-2-3-14-25/h5,7-12,18H,2-4,6,13-17H2,1H3/t18-/m1/s1. The monoisotopic (exact) mass is 395 g/mol. The van der Waals surface area contributed by atoms with Gasteiger partial charge in [-0.15, -0.1) is 0 Å². The van der Waals surface area contributed by atoms with Crippen LogP contribution in [0.5, 0.6) is 5.75 Å². The van der Waals surface area contributed by atoms with Gasteiger partial charge in [-0.25, -0.2) is 0 Å². The number of piperidine rings is 1. The van der Waals surface area contributed by atoms with Crippen LogP contribution in [0, 0.1) is 5.92 Å². The van der Waals surface area contributed by atoms with E-state index in [2.05, 4.69) is 0 Å². The van der Waals surface area contributed by atoms with E-state index in [4.69, 9.17) is 4.74 Å². The van der Waals surface area contributed by atoms with E-state index in [1.54, 1.807) is 0 Å². The molecule has 0 bridgehead atoms. The highest BCUT2D eigenvalue weighted by atomic mass is 16.5. The van der Waals surface area contributed by atoms with Crippen molar-refractivity contribution < 1.29 is 14.3 Å². The minimum atomic E-state index is 0.0898. The van der Waals surface area contributed by atoms with Crippen molar-refractivity contribution in [3.63, 3.8) is 0 Å². The van der Waals surface area contributed by atoms with Crippen LogP contribution in [0.25, 0.3) is 0 Å². The number of ether oxygens (including phenoxy) is 1. The summed E-state index contributed by atoms with van der Waals surface area (Å²) >= 11 is 0. The van der Waals surface area contributed by atoms with Crippen molar-refractivity contribution in [1.29, 1.82) is 0 Å². The SMILES string of the molecule is Cn1cccc1C(=O)N1CCC[C@@H](COc2ccc(C(=O)N3CCCC3)cc2)C1. The number of hydrogen-bond donors (Lipinski definition) is 0. The van der Waals surface area contributed by atoms with Crippen molar-refractivity contribution in [2.24, 2.45) is 13.0 Å². The molecule has 1 aromatic heterocycles. The summed E-state index contributed by atoms with van der Waals surface area (Å²) in [6, 6.07) is 11.2. The molecule has 154 valence electrons. The van der Waals surface area contributed by atoms with Crippen molar-refractivity contribution >= 4 is 11.8 Å². The Balaban J connectivity index is 1.30. The summed E-state index contributed by atoms with van der Waals surface area (Å²) in [4.78, 5) is 29.0. The van der Waals surface area contributed by atoms with Gasteiger partial charge in [0.2, 0.25) is 0 Å². The number of amides is 2. The van der Waals surface area contributed by atoms with Gasteiger partial charge in [0, 0.05) is 50.9 Å². The average Bonchev–Trinajstić information content (AvgIpc) is 3.44. The molecule has 2 aromatic rings. The van der Waals surface area contributed by atoms with Crippen LogP contribution in [-0.4, -0.2) is 59.0 Å². The number of aromatic nitrogens is 1. The zero-order valence-electron chi connectivity index (χ0n) is 17.0. The molecule has 6 nitrogen and oxygen atoms in total. The number of aryl methyl sites for hydroxylation is 1. The molecule has 29 heavy (non-hydrogen) atoms. The first-order chi connectivity index (χ1) is 14.1. The fourth-order valence-corrected chi connectivity index (χ4v) is 4.24. The molecule has 0 spiro atoms. The third-order valence-corrected chi connectivity index (χ3v) is 5.95. The summed E-state index contributed by atoms with van der Waals surface area (Å²) in [7, 11) is 1.90. The highest BCUT2D eigenvalue weighted by Gasteiger charge is 2.26. The van der Waals surface area contributed by atoms with Crippen molar-refractivity contribution in [3.05, 3.63) is 53.9 Å². The molecule has 0 aliphatic carbocycles. The number of benzene rings is 1. The van der Waals surface area contributed by atoms with Gasteiger partial charge in [-0.05, 0) is 62.1 Å². The topological polar surface area (TPSA) is 54.8 Å². The Bertz CT molecular complexity index is 853. The van der Waals surface area contributed by atoms with Gasteiger partial charge in [0.1, 0.15) is 11.4 Å². The second kappa shape index (κ2) is 8.72. The summed E-state index contributed by atoms with van der Waals surface area (Å²) in [5.41, 5.74) is 1.45. The third kappa shape index (κ3) is 4.47. The Labute approximate surface area is 172 Å². The van der Waals surface area contributed by atoms with Crippen molar-refractivity contribution in [2.75, 3.05) is 32.8 Å². The second-order valence-corrected chi connectivity index (χ2v) is 8.10. The zero-order valence-corrected chi connectivity index (χ0v) is 17.0. The largest absolute Gasteiger partial charge is 0.493 e. The van der Waals surface area contributed by atoms with Crippen LogP contribution < -0.4 is 4.74 Å². The van der Waals surface area contributed by atoms with Crippen molar-refractivity contribution in [2.45, 2.75) is 25.7 Å². The Morgan fingerprint density at radius 1 is 0.966 bits per heavy atom. The predicted octanol–water partition coefficient (Wildman–Crippen LogP) is 3.19. The van der Waals surface area contributed by atoms with Gasteiger partial charge in [-0.2, -0.15) is 0 Å². The second-order valence-electron chi connectivity index (χ2n) is 8.10. The molecule has 2 fully saturated rings. The molecule has 2 saturated heterocycles. The van der Waals surface area contributed by atoms with E-state index in [1.165, 1.54) is 0 Å². The molecular weight excluding hydrogens is 366 g/mol. The lowest BCUT2D eigenvalue weighted by Gasteiger charge is -2.32. The smallest absolute Gasteiger partial charge is 0.270 e. The number of carbonyl (C=O) groups excluding carboxylic acids is 2. The normalized spacial score (nSPS) is 19.4. The minimum Gasteiger partial charge on any atom is -0.493 e. The maximum absolute atomic E-state index is 12.7. The van der Waals surface area contributed by atoms with Gasteiger partial charge in [0.05, 0.1) is 6.61 Å². The van der Waals surface area contributed by atoms with E-state index in [0.717, 1.165) is 68.9 Å². The van der Waals surface area contributed by atoms with E-state index >= 15 is 0 Å². The van der Waals surface area contributed by atoms with Crippen LogP contribution in [0.3, 0.4) is 0 Å². The van der Waals surface area contributed by atoms with Crippen LogP contribution in [0.2, 0.25) is 0 Å². The molecule has 0 saturated carbocycles. The lowest BCUT2D eigenvalue weighted by Crippen LogP contribution is -2.42. The van der Waals surface area contributed by atoms with Crippen LogP contribution in [0.1, 0.15) is 46.5 Å². The molecule has 1 atom stereocenters. The maximum atomic E-state index is 12.7. The minimum absolute atomic E-state index is 0.0898. The molecule has 6 heteroatoms. The number of hydrogen-bond acceptors (Lipinski definition) is 3. The van der Waals surface area contributed by atoms with Crippen LogP contribution in [0.15, 0.2) is 42.6 Å². The van der Waals surface area contributed by atoms with E-state index in [1.807, 2.05) is 64.0 Å². The molecule has 4 rings (SSSR count). The molecular formula is C23H29N3O3. The van der Waals surface area contributed by atoms with Crippen molar-refractivity contribution in [3.8, 4) is 5.75 Å². The summed E-state index contributed by atoms with van der Waals surface area (Å²) < 4.78 is 7.85. The molecule has 2 aliphatic heterocycles. The molecule has 2 aliphatic rings. The highest BCUT2D eigenvalue weighted by molar-refractivity contribution is 5.94. The zero-order chi connectivity index (χ0) is 20.2. The molecule has 1 aromatic carbocycles. The van der Waals surface area contributed by atoms with Crippen LogP contribution in [-0.2, 0) is 7.05 Å². The average molecular weight is 396 g/mol. The van der Waals surface area contributed by atoms with Crippen LogP contribution >= 0.6 is 0 Å². The van der Waals surface area contributed by atoms with E-state index in [9.17, 15) is 9.59 Å². The molecule has 2 amide bonds. The van der Waals surface area contributed by atoms with Gasteiger partial charge in [0.15, 0.2) is 0 Å². The Morgan fingerprint density at radius 2 is 1.69 bits per heavy atom. The molecule has 0 radical (unpaired) electrons. The Morgan fingerprint density at radius 3 is 2.38 bits per heavy atom. The molecule has 0 unspecified atom stereocenters. The maximum Gasteiger partial charge on any atom is 0.270 e. The highest BCUT2D eigenvalue weighted by Crippen LogP contribution is 2.21. The van der Waals surface area contributed by atoms with Crippen LogP contribution in [0.4, 0.5) is 0 Å². The summed E-state index contributed by atoms with van der Waals surface area (Å²) in [5, 5.41) is 0. The summed E-state index contributed by atoms with van der Waals surface area (Å²) in [6.45, 7) is 3.81. The quantitative estimate of drug-likeness (QED) is 0.781. The first-order valence-electron chi connectivity index (χ1n) is 10.5. The fourth-order valence-electron chi connectivity index (χ4n) is 4.24. The lowest BCUT2D eigenvalue weighted by atomic mass is 9.98. The first-order valence-corrected chi connectivity index (χ1v) is 10.5. The van der Waals surface area contributed by atoms with Gasteiger partial charge in [0.25, 0.3) is 11.8 Å². The summed E-state index contributed by atoms with van der Waals surface area (Å²) in [5.74, 6) is 1.29. The first kappa shape index (κ1) is 19.6. The number of nitrogens with zero attached hydrogens (tertiary/aromatic N) is 3. The lowest BCUT2D eigenvalue weighted by molar-refractivity contribution is 0.0624. The van der Waals surface area contributed by atoms with Crippen molar-refractivity contribution in [1.82, 2.24) is 14.4 Å². The number of likely N-dealkylation sites (tertiary alicyclic amines) is 2. The predicted molar refractivity (Wildman–Crippen MR) is 111 cm³/mol. The number of carbonyl (C=O) groups is 2. The Hall–Kier alpha value is -2.76. The van der Waals surface area contributed by atoms with E-state index < -0.39 is 0 Å². The summed E-state index contributed by atoms with van der Waals surface area (Å²) in [6.07, 6.45) is 6.14. The number of rotatable bonds is 5. The van der Waals surface area contributed by atoms with Gasteiger partial charge in [-0.1, -0.05) is 0 Å². The fraction of sp³-hybridized carbons (Fsp3) is 0.478. The molecule has 0 N–H and O–H groups in total. The Kier molecular flexibility index (Phi) is 5.88. The van der Waals surface area contributed by atoms with Gasteiger partial charge < -0.3 is 19.1 Å². The van der Waals surface area contributed by atoms with Gasteiger partial charge >= 0.3 is 0 Å². The molecule has 3 heterocycles. The van der Waals surface area contributed by atoms with E-state index in [-0.39, 0.29) is 11.8 Å².